The van der Waals surface area contributed by atoms with Gasteiger partial charge in [0.1, 0.15) is 11.2 Å². The molecule has 11 rings (SSSR count). The van der Waals surface area contributed by atoms with E-state index in [0.717, 1.165) is 66.4 Å². The van der Waals surface area contributed by atoms with Gasteiger partial charge in [0.25, 0.3) is 0 Å². The molecule has 0 saturated heterocycles. The fourth-order valence-electron chi connectivity index (χ4n) is 8.55. The molecular formula is C56H36N2O4. The topological polar surface area (TPSA) is 66.9 Å². The maximum absolute atomic E-state index is 13.8. The molecule has 0 aliphatic rings. The van der Waals surface area contributed by atoms with Crippen LogP contribution in [-0.4, -0.2) is 0 Å². The summed E-state index contributed by atoms with van der Waals surface area (Å²) in [5.41, 5.74) is 7.73. The van der Waals surface area contributed by atoms with E-state index in [9.17, 15) is 9.59 Å². The first kappa shape index (κ1) is 36.6. The second-order valence-corrected chi connectivity index (χ2v) is 15.3. The number of para-hydroxylation sites is 2. The highest BCUT2D eigenvalue weighted by Gasteiger charge is 2.19. The molecular weight excluding hydrogens is 765 g/mol. The Hall–Kier alpha value is -8.48. The zero-order valence-corrected chi connectivity index (χ0v) is 33.3. The van der Waals surface area contributed by atoms with Crippen molar-refractivity contribution in [2.45, 2.75) is 0 Å². The van der Waals surface area contributed by atoms with Gasteiger partial charge in [0.05, 0.1) is 22.5 Å². The molecule has 0 aliphatic carbocycles. The van der Waals surface area contributed by atoms with Crippen LogP contribution < -0.4 is 21.1 Å². The van der Waals surface area contributed by atoms with E-state index in [1.807, 2.05) is 133 Å². The van der Waals surface area contributed by atoms with E-state index in [0.29, 0.717) is 33.4 Å². The third-order valence-electron chi connectivity index (χ3n) is 11.5. The van der Waals surface area contributed by atoms with Crippen molar-refractivity contribution in [3.8, 4) is 22.3 Å². The molecule has 62 heavy (non-hydrogen) atoms. The average Bonchev–Trinajstić information content (AvgIpc) is 3.32. The Kier molecular flexibility index (Phi) is 9.02. The fraction of sp³-hybridized carbons (Fsp3) is 0. The maximum Gasteiger partial charge on any atom is 0.344 e. The van der Waals surface area contributed by atoms with Crippen molar-refractivity contribution in [2.75, 3.05) is 9.80 Å². The minimum absolute atomic E-state index is 0.394. The molecule has 11 aromatic rings. The van der Waals surface area contributed by atoms with Gasteiger partial charge < -0.3 is 18.6 Å². The molecule has 0 fully saturated rings. The summed E-state index contributed by atoms with van der Waals surface area (Å²) in [6.45, 7) is 0. The summed E-state index contributed by atoms with van der Waals surface area (Å²) in [6.07, 6.45) is 0. The molecule has 0 bridgehead atoms. The summed E-state index contributed by atoms with van der Waals surface area (Å²) >= 11 is 0. The van der Waals surface area contributed by atoms with Crippen LogP contribution in [0, 0.1) is 0 Å². The minimum Gasteiger partial charge on any atom is -0.422 e. The van der Waals surface area contributed by atoms with E-state index >= 15 is 0 Å². The fourth-order valence-corrected chi connectivity index (χ4v) is 8.55. The SMILES string of the molecule is O=c1oc2cc(N(c3ccccc3)c3cccc4ccccc34)ccc2cc1-c1cccc(-c2cc3ccc(N(c4ccccc4)c4cccc5ccccc45)cc3oc2=O)c1. The summed E-state index contributed by atoms with van der Waals surface area (Å²) in [5, 5.41) is 6.01. The lowest BCUT2D eigenvalue weighted by Gasteiger charge is -2.27. The Bertz CT molecular complexity index is 3350. The molecule has 294 valence electrons. The van der Waals surface area contributed by atoms with Crippen molar-refractivity contribution < 1.29 is 8.83 Å². The van der Waals surface area contributed by atoms with Crippen molar-refractivity contribution in [1.82, 2.24) is 0 Å². The van der Waals surface area contributed by atoms with Gasteiger partial charge in [-0.1, -0.05) is 127 Å². The molecule has 0 radical (unpaired) electrons. The molecule has 6 nitrogen and oxygen atoms in total. The lowest BCUT2D eigenvalue weighted by Crippen LogP contribution is -2.11. The summed E-state index contributed by atoms with van der Waals surface area (Å²) in [5.74, 6) is 0. The monoisotopic (exact) mass is 800 g/mol. The van der Waals surface area contributed by atoms with Crippen LogP contribution in [0.4, 0.5) is 34.1 Å². The van der Waals surface area contributed by atoms with E-state index in [1.54, 1.807) is 0 Å². The standard InChI is InChI=1S/C56H36N2O4/c59-55-49(33-41-28-30-45(35-53(41)61-55)57(43-20-3-1-4-21-43)51-26-12-16-37-14-7-9-24-47(37)51)39-18-11-19-40(32-39)50-34-42-29-31-46(36-54(42)62-56(50)60)58(44-22-5-2-6-23-44)52-27-13-17-38-15-8-10-25-48(38)52/h1-36H. The second kappa shape index (κ2) is 15.3. The minimum atomic E-state index is -0.476. The van der Waals surface area contributed by atoms with Gasteiger partial charge >= 0.3 is 11.3 Å². The molecule has 0 saturated carbocycles. The van der Waals surface area contributed by atoms with Crippen molar-refractivity contribution >= 4 is 77.6 Å². The Morgan fingerprint density at radius 1 is 0.306 bits per heavy atom. The summed E-state index contributed by atoms with van der Waals surface area (Å²) in [6, 6.07) is 72.4. The van der Waals surface area contributed by atoms with Crippen LogP contribution >= 0.6 is 0 Å². The largest absolute Gasteiger partial charge is 0.422 e. The van der Waals surface area contributed by atoms with Crippen LogP contribution in [-0.2, 0) is 0 Å². The lowest BCUT2D eigenvalue weighted by molar-refractivity contribution is 0.563. The van der Waals surface area contributed by atoms with Crippen LogP contribution in [0.1, 0.15) is 0 Å². The summed E-state index contributed by atoms with van der Waals surface area (Å²) < 4.78 is 12.2. The van der Waals surface area contributed by atoms with Crippen LogP contribution in [0.25, 0.3) is 65.7 Å². The normalized spacial score (nSPS) is 11.4. The highest BCUT2D eigenvalue weighted by molar-refractivity contribution is 6.01. The van der Waals surface area contributed by atoms with Crippen LogP contribution in [0.5, 0.6) is 0 Å². The number of hydrogen-bond acceptors (Lipinski definition) is 6. The van der Waals surface area contributed by atoms with Crippen LogP contribution in [0.3, 0.4) is 0 Å². The van der Waals surface area contributed by atoms with E-state index in [2.05, 4.69) is 94.7 Å². The quantitative estimate of drug-likeness (QED) is 0.143. The lowest BCUT2D eigenvalue weighted by atomic mass is 9.99. The first-order valence-corrected chi connectivity index (χ1v) is 20.5. The molecule has 0 N–H and O–H groups in total. The van der Waals surface area contributed by atoms with E-state index < -0.39 is 11.3 Å². The number of nitrogens with zero attached hydrogens (tertiary/aromatic N) is 2. The molecule has 0 unspecified atom stereocenters. The Morgan fingerprint density at radius 3 is 1.18 bits per heavy atom. The number of fused-ring (bicyclic) bond motifs is 4. The molecule has 0 aliphatic heterocycles. The van der Waals surface area contributed by atoms with Gasteiger partial charge in [0, 0.05) is 56.4 Å². The third kappa shape index (κ3) is 6.57. The van der Waals surface area contributed by atoms with Crippen molar-refractivity contribution in [3.63, 3.8) is 0 Å². The Balaban J connectivity index is 0.949. The molecule has 9 aromatic carbocycles. The second-order valence-electron chi connectivity index (χ2n) is 15.3. The number of rotatable bonds is 8. The highest BCUT2D eigenvalue weighted by atomic mass is 16.4. The van der Waals surface area contributed by atoms with E-state index in [4.69, 9.17) is 8.83 Å². The molecule has 2 heterocycles. The smallest absolute Gasteiger partial charge is 0.344 e. The third-order valence-corrected chi connectivity index (χ3v) is 11.5. The van der Waals surface area contributed by atoms with Crippen LogP contribution in [0.2, 0.25) is 0 Å². The van der Waals surface area contributed by atoms with Crippen LogP contribution in [0.15, 0.2) is 237 Å². The summed E-state index contributed by atoms with van der Waals surface area (Å²) in [4.78, 5) is 32.0. The van der Waals surface area contributed by atoms with Crippen molar-refractivity contribution in [2.24, 2.45) is 0 Å². The maximum atomic E-state index is 13.8. The molecule has 0 amide bonds. The molecule has 0 spiro atoms. The first-order valence-electron chi connectivity index (χ1n) is 20.5. The zero-order chi connectivity index (χ0) is 41.6. The van der Waals surface area contributed by atoms with Gasteiger partial charge in [0.15, 0.2) is 0 Å². The predicted octanol–water partition coefficient (Wildman–Crippen LogP) is 14.5. The predicted molar refractivity (Wildman–Crippen MR) is 254 cm³/mol. The first-order chi connectivity index (χ1) is 30.6. The molecule has 0 atom stereocenters. The number of anilines is 6. The highest BCUT2D eigenvalue weighted by Crippen LogP contribution is 2.42. The number of benzene rings is 9. The van der Waals surface area contributed by atoms with E-state index in [-0.39, 0.29) is 0 Å². The van der Waals surface area contributed by atoms with Gasteiger partial charge in [-0.05, 0) is 101 Å². The van der Waals surface area contributed by atoms with E-state index in [1.165, 1.54) is 0 Å². The average molecular weight is 801 g/mol. The summed E-state index contributed by atoms with van der Waals surface area (Å²) in [7, 11) is 0. The van der Waals surface area contributed by atoms with Gasteiger partial charge in [-0.3, -0.25) is 0 Å². The van der Waals surface area contributed by atoms with Gasteiger partial charge in [-0.25, -0.2) is 9.59 Å². The Morgan fingerprint density at radius 2 is 0.710 bits per heavy atom. The van der Waals surface area contributed by atoms with Gasteiger partial charge in [0.2, 0.25) is 0 Å². The number of hydrogen-bond donors (Lipinski definition) is 0. The van der Waals surface area contributed by atoms with Gasteiger partial charge in [-0.2, -0.15) is 0 Å². The zero-order valence-electron chi connectivity index (χ0n) is 33.3. The Labute approximate surface area is 356 Å². The van der Waals surface area contributed by atoms with Crippen molar-refractivity contribution in [1.29, 1.82) is 0 Å². The van der Waals surface area contributed by atoms with Crippen molar-refractivity contribution in [3.05, 3.63) is 239 Å². The molecule has 2 aromatic heterocycles. The van der Waals surface area contributed by atoms with Gasteiger partial charge in [-0.15, -0.1) is 0 Å². The molecule has 6 heteroatoms.